The molecule has 0 spiro atoms. The number of esters is 1. The van der Waals surface area contributed by atoms with Crippen LogP contribution in [0.15, 0.2) is 53.7 Å². The molecule has 1 aliphatic rings. The van der Waals surface area contributed by atoms with Crippen molar-refractivity contribution in [1.82, 2.24) is 10.2 Å². The second-order valence-electron chi connectivity index (χ2n) is 6.59. The highest BCUT2D eigenvalue weighted by Gasteiger charge is 2.39. The highest BCUT2D eigenvalue weighted by atomic mass is 19.1. The zero-order valence-corrected chi connectivity index (χ0v) is 17.0. The third-order valence-electron chi connectivity index (χ3n) is 4.72. The monoisotopic (exact) mass is 434 g/mol. The fraction of sp³-hybridized carbons (Fsp3) is 0.273. The lowest BCUT2D eigenvalue weighted by molar-refractivity contribution is -0.139. The molecule has 1 atom stereocenters. The number of ether oxygens (including phenoxy) is 2. The van der Waals surface area contributed by atoms with Crippen LogP contribution in [0.1, 0.15) is 25.5 Å². The van der Waals surface area contributed by atoms with Crippen LogP contribution in [-0.2, 0) is 9.53 Å². The zero-order valence-electron chi connectivity index (χ0n) is 17.0. The molecule has 3 rings (SSSR count). The Morgan fingerprint density at radius 3 is 2.48 bits per heavy atom. The molecule has 6 nitrogen and oxygen atoms in total. The first kappa shape index (κ1) is 22.2. The summed E-state index contributed by atoms with van der Waals surface area (Å²) < 4.78 is 52.3. The molecule has 0 saturated heterocycles. The van der Waals surface area contributed by atoms with Gasteiger partial charge in [-0.3, -0.25) is 4.90 Å². The maximum absolute atomic E-state index is 14.5. The van der Waals surface area contributed by atoms with Gasteiger partial charge >= 0.3 is 12.0 Å². The Balaban J connectivity index is 2.09. The number of urea groups is 1. The summed E-state index contributed by atoms with van der Waals surface area (Å²) in [5.41, 5.74) is 0.137. The highest BCUT2D eigenvalue weighted by Crippen LogP contribution is 2.33. The average molecular weight is 434 g/mol. The van der Waals surface area contributed by atoms with Crippen LogP contribution in [0.4, 0.5) is 18.0 Å². The van der Waals surface area contributed by atoms with Gasteiger partial charge < -0.3 is 14.8 Å². The first-order valence-electron chi connectivity index (χ1n) is 9.67. The summed E-state index contributed by atoms with van der Waals surface area (Å²) in [5.74, 6) is -3.37. The minimum atomic E-state index is -1.13. The van der Waals surface area contributed by atoms with Gasteiger partial charge in [-0.2, -0.15) is 0 Å². The van der Waals surface area contributed by atoms with Gasteiger partial charge in [-0.05, 0) is 32.0 Å². The maximum Gasteiger partial charge on any atom is 0.338 e. The lowest BCUT2D eigenvalue weighted by Crippen LogP contribution is -2.49. The number of carbonyl (C=O) groups is 2. The van der Waals surface area contributed by atoms with Crippen LogP contribution >= 0.6 is 0 Å². The molecule has 1 aliphatic heterocycles. The standard InChI is InChI=1S/C22H21F3N2O4/c1-3-27-17(12-31-18-10-9-13(23)11-16(18)25)19(21(28)30-4-2)20(26-22(27)29)14-7-5-6-8-15(14)24/h5-11,20H,3-4,12H2,1-2H3,(H,26,29)/t20-/m1/s1. The molecule has 0 fully saturated rings. The molecule has 2 amide bonds. The smallest absolute Gasteiger partial charge is 0.338 e. The third kappa shape index (κ3) is 4.65. The van der Waals surface area contributed by atoms with Gasteiger partial charge in [0.15, 0.2) is 11.6 Å². The predicted molar refractivity (Wildman–Crippen MR) is 106 cm³/mol. The molecule has 0 unspecified atom stereocenters. The Morgan fingerprint density at radius 2 is 1.84 bits per heavy atom. The first-order chi connectivity index (χ1) is 14.9. The topological polar surface area (TPSA) is 67.9 Å². The number of carbonyl (C=O) groups excluding carboxylic acids is 2. The number of amides is 2. The van der Waals surface area contributed by atoms with Crippen molar-refractivity contribution in [1.29, 1.82) is 0 Å². The van der Waals surface area contributed by atoms with E-state index >= 15 is 0 Å². The summed E-state index contributed by atoms with van der Waals surface area (Å²) >= 11 is 0. The van der Waals surface area contributed by atoms with Crippen molar-refractivity contribution in [2.24, 2.45) is 0 Å². The Labute approximate surface area is 177 Å². The summed E-state index contributed by atoms with van der Waals surface area (Å²) in [6.07, 6.45) is 0. The van der Waals surface area contributed by atoms with Gasteiger partial charge in [0.05, 0.1) is 23.9 Å². The molecule has 0 bridgehead atoms. The Hall–Kier alpha value is -3.49. The number of likely N-dealkylation sites (N-methyl/N-ethyl adjacent to an activating group) is 1. The van der Waals surface area contributed by atoms with Crippen LogP contribution in [0.3, 0.4) is 0 Å². The second kappa shape index (κ2) is 9.55. The van der Waals surface area contributed by atoms with Crippen molar-refractivity contribution < 1.29 is 32.2 Å². The zero-order chi connectivity index (χ0) is 22.5. The second-order valence-corrected chi connectivity index (χ2v) is 6.59. The van der Waals surface area contributed by atoms with E-state index in [0.717, 1.165) is 12.1 Å². The molecule has 164 valence electrons. The predicted octanol–water partition coefficient (Wildman–Crippen LogP) is 4.09. The number of rotatable bonds is 7. The minimum Gasteiger partial charge on any atom is -0.484 e. The molecule has 2 aromatic carbocycles. The molecular weight excluding hydrogens is 413 g/mol. The summed E-state index contributed by atoms with van der Waals surface area (Å²) in [4.78, 5) is 26.8. The third-order valence-corrected chi connectivity index (χ3v) is 4.72. The molecule has 0 saturated carbocycles. The van der Waals surface area contributed by atoms with Crippen LogP contribution in [0.2, 0.25) is 0 Å². The fourth-order valence-corrected chi connectivity index (χ4v) is 3.32. The number of nitrogens with one attached hydrogen (secondary N) is 1. The van der Waals surface area contributed by atoms with Crippen LogP contribution in [0.5, 0.6) is 5.75 Å². The molecule has 9 heteroatoms. The molecule has 1 heterocycles. The number of benzene rings is 2. The summed E-state index contributed by atoms with van der Waals surface area (Å²) in [6, 6.07) is 6.77. The SMILES string of the molecule is CCOC(=O)C1=C(COc2ccc(F)cc2F)N(CC)C(=O)N[C@@H]1c1ccccc1F. The van der Waals surface area contributed by atoms with E-state index in [2.05, 4.69) is 5.32 Å². The van der Waals surface area contributed by atoms with E-state index < -0.39 is 42.1 Å². The molecule has 2 aromatic rings. The van der Waals surface area contributed by atoms with Gasteiger partial charge in [-0.25, -0.2) is 22.8 Å². The summed E-state index contributed by atoms with van der Waals surface area (Å²) in [7, 11) is 0. The molecule has 31 heavy (non-hydrogen) atoms. The number of hydrogen-bond donors (Lipinski definition) is 1. The van der Waals surface area contributed by atoms with E-state index in [-0.39, 0.29) is 35.7 Å². The van der Waals surface area contributed by atoms with Crippen LogP contribution in [-0.4, -0.2) is 36.7 Å². The van der Waals surface area contributed by atoms with E-state index in [1.807, 2.05) is 0 Å². The quantitative estimate of drug-likeness (QED) is 0.667. The minimum absolute atomic E-state index is 0.0316. The highest BCUT2D eigenvalue weighted by molar-refractivity contribution is 5.95. The summed E-state index contributed by atoms with van der Waals surface area (Å²) in [5, 5.41) is 2.62. The number of nitrogens with zero attached hydrogens (tertiary/aromatic N) is 1. The maximum atomic E-state index is 14.5. The fourth-order valence-electron chi connectivity index (χ4n) is 3.32. The van der Waals surface area contributed by atoms with Crippen molar-refractivity contribution in [2.45, 2.75) is 19.9 Å². The van der Waals surface area contributed by atoms with Gasteiger partial charge in [-0.1, -0.05) is 18.2 Å². The summed E-state index contributed by atoms with van der Waals surface area (Å²) in [6.45, 7) is 3.09. The van der Waals surface area contributed by atoms with E-state index in [1.165, 1.54) is 23.1 Å². The molecular formula is C22H21F3N2O4. The van der Waals surface area contributed by atoms with Crippen molar-refractivity contribution >= 4 is 12.0 Å². The van der Waals surface area contributed by atoms with Crippen LogP contribution < -0.4 is 10.1 Å². The van der Waals surface area contributed by atoms with Crippen molar-refractivity contribution in [3.05, 3.63) is 76.7 Å². The van der Waals surface area contributed by atoms with Crippen LogP contribution in [0.25, 0.3) is 0 Å². The Kier molecular flexibility index (Phi) is 6.84. The van der Waals surface area contributed by atoms with Crippen LogP contribution in [0, 0.1) is 17.5 Å². The van der Waals surface area contributed by atoms with Crippen molar-refractivity contribution in [2.75, 3.05) is 19.8 Å². The molecule has 0 aliphatic carbocycles. The molecule has 0 aromatic heterocycles. The largest absolute Gasteiger partial charge is 0.484 e. The van der Waals surface area contributed by atoms with Crippen molar-refractivity contribution in [3.8, 4) is 5.75 Å². The van der Waals surface area contributed by atoms with E-state index in [0.29, 0.717) is 6.07 Å². The lowest BCUT2D eigenvalue weighted by atomic mass is 9.94. The first-order valence-corrected chi connectivity index (χ1v) is 9.67. The van der Waals surface area contributed by atoms with Crippen molar-refractivity contribution in [3.63, 3.8) is 0 Å². The van der Waals surface area contributed by atoms with E-state index in [4.69, 9.17) is 9.47 Å². The van der Waals surface area contributed by atoms with E-state index in [9.17, 15) is 22.8 Å². The van der Waals surface area contributed by atoms with Gasteiger partial charge in [0.2, 0.25) is 0 Å². The van der Waals surface area contributed by atoms with Gasteiger partial charge in [0, 0.05) is 18.2 Å². The normalized spacial score (nSPS) is 16.2. The van der Waals surface area contributed by atoms with Gasteiger partial charge in [-0.15, -0.1) is 0 Å². The Bertz CT molecular complexity index is 1030. The average Bonchev–Trinajstić information content (AvgIpc) is 2.73. The number of halogens is 3. The van der Waals surface area contributed by atoms with E-state index in [1.54, 1.807) is 19.9 Å². The molecule has 0 radical (unpaired) electrons. The van der Waals surface area contributed by atoms with Gasteiger partial charge in [0.1, 0.15) is 18.2 Å². The number of hydrogen-bond acceptors (Lipinski definition) is 4. The molecule has 1 N–H and O–H groups in total. The lowest BCUT2D eigenvalue weighted by Gasteiger charge is -2.36. The van der Waals surface area contributed by atoms with Gasteiger partial charge in [0.25, 0.3) is 0 Å². The Morgan fingerprint density at radius 1 is 1.10 bits per heavy atom.